The largest absolute Gasteiger partial charge is 0.479 e. The van der Waals surface area contributed by atoms with Crippen molar-refractivity contribution in [1.29, 1.82) is 0 Å². The predicted octanol–water partition coefficient (Wildman–Crippen LogP) is 2.53. The van der Waals surface area contributed by atoms with Crippen LogP contribution in [0.5, 0.6) is 0 Å². The summed E-state index contributed by atoms with van der Waals surface area (Å²) in [6, 6.07) is 3.30. The van der Waals surface area contributed by atoms with Gasteiger partial charge >= 0.3 is 5.97 Å². The topological polar surface area (TPSA) is 57.5 Å². The Morgan fingerprint density at radius 1 is 1.57 bits per heavy atom. The van der Waals surface area contributed by atoms with Crippen molar-refractivity contribution in [3.63, 3.8) is 0 Å². The Balaban J connectivity index is 3.26. The van der Waals surface area contributed by atoms with Crippen molar-refractivity contribution in [3.05, 3.63) is 32.8 Å². The Morgan fingerprint density at radius 3 is 2.64 bits per heavy atom. The molecule has 0 aromatic heterocycles. The highest BCUT2D eigenvalue weighted by molar-refractivity contribution is 9.10. The number of hydrogen-bond acceptors (Lipinski definition) is 2. The van der Waals surface area contributed by atoms with E-state index in [-0.39, 0.29) is 10.6 Å². The molecule has 1 aromatic carbocycles. The second kappa shape index (κ2) is 4.29. The number of aliphatic carboxylic acids is 1. The van der Waals surface area contributed by atoms with Crippen molar-refractivity contribution in [3.8, 4) is 0 Å². The van der Waals surface area contributed by atoms with Gasteiger partial charge in [0.25, 0.3) is 0 Å². The van der Waals surface area contributed by atoms with E-state index in [0.29, 0.717) is 4.47 Å². The van der Waals surface area contributed by atoms with Crippen molar-refractivity contribution in [2.24, 2.45) is 0 Å². The molecule has 0 amide bonds. The van der Waals surface area contributed by atoms with E-state index in [2.05, 4.69) is 15.9 Å². The van der Waals surface area contributed by atoms with Gasteiger partial charge in [0, 0.05) is 10.0 Å². The number of halogens is 2. The minimum Gasteiger partial charge on any atom is -0.479 e. The van der Waals surface area contributed by atoms with Gasteiger partial charge in [-0.1, -0.05) is 17.7 Å². The van der Waals surface area contributed by atoms with E-state index in [0.717, 1.165) is 5.56 Å². The molecule has 3 nitrogen and oxygen atoms in total. The molecule has 2 N–H and O–H groups in total. The molecule has 1 unspecified atom stereocenters. The van der Waals surface area contributed by atoms with E-state index in [1.165, 1.54) is 0 Å². The third-order valence-corrected chi connectivity index (χ3v) is 3.00. The number of aliphatic hydroxyl groups is 1. The third-order valence-electron chi connectivity index (χ3n) is 1.73. The Hall–Kier alpha value is -0.580. The Morgan fingerprint density at radius 2 is 2.14 bits per heavy atom. The summed E-state index contributed by atoms with van der Waals surface area (Å²) < 4.78 is 0.578. The minimum atomic E-state index is -1.58. The molecule has 0 bridgehead atoms. The van der Waals surface area contributed by atoms with E-state index < -0.39 is 12.1 Å². The molecule has 0 spiro atoms. The lowest BCUT2D eigenvalue weighted by Crippen LogP contribution is -2.11. The Bertz CT molecular complexity index is 379. The quantitative estimate of drug-likeness (QED) is 0.874. The smallest absolute Gasteiger partial charge is 0.337 e. The second-order valence-corrected chi connectivity index (χ2v) is 4.12. The highest BCUT2D eigenvalue weighted by Crippen LogP contribution is 2.31. The molecule has 1 rings (SSSR count). The first kappa shape index (κ1) is 11.5. The van der Waals surface area contributed by atoms with Crippen LogP contribution in [0.1, 0.15) is 17.2 Å². The number of benzene rings is 1. The maximum atomic E-state index is 10.6. The van der Waals surface area contributed by atoms with Gasteiger partial charge in [0.2, 0.25) is 0 Å². The summed E-state index contributed by atoms with van der Waals surface area (Å²) in [5.74, 6) is -1.32. The van der Waals surface area contributed by atoms with Gasteiger partial charge in [0.05, 0.1) is 5.02 Å². The summed E-state index contributed by atoms with van der Waals surface area (Å²) in [6.45, 7) is 1.79. The molecule has 1 atom stereocenters. The molecule has 5 heteroatoms. The van der Waals surface area contributed by atoms with Crippen LogP contribution >= 0.6 is 27.5 Å². The zero-order chi connectivity index (χ0) is 10.9. The van der Waals surface area contributed by atoms with Gasteiger partial charge in [-0.25, -0.2) is 4.79 Å². The van der Waals surface area contributed by atoms with E-state index in [9.17, 15) is 9.90 Å². The zero-order valence-electron chi connectivity index (χ0n) is 7.29. The Kier molecular flexibility index (Phi) is 3.53. The van der Waals surface area contributed by atoms with Gasteiger partial charge in [0.1, 0.15) is 0 Å². The number of carboxylic acids is 1. The van der Waals surface area contributed by atoms with Gasteiger partial charge in [-0.15, -0.1) is 0 Å². The molecule has 1 aromatic rings. The molecular weight excluding hydrogens is 271 g/mol. The second-order valence-electron chi connectivity index (χ2n) is 2.89. The fraction of sp³-hybridized carbons (Fsp3) is 0.222. The standard InChI is InChI=1S/C9H8BrClO3/c1-4-2-5(8(12)9(13)14)7(11)6(10)3-4/h2-3,8,12H,1H3,(H,13,14). The van der Waals surface area contributed by atoms with Gasteiger partial charge < -0.3 is 10.2 Å². The number of carbonyl (C=O) groups is 1. The van der Waals surface area contributed by atoms with E-state index in [1.54, 1.807) is 19.1 Å². The first-order valence-electron chi connectivity index (χ1n) is 3.80. The average Bonchev–Trinajstić information content (AvgIpc) is 2.09. The van der Waals surface area contributed by atoms with E-state index in [4.69, 9.17) is 16.7 Å². The number of carboxylic acid groups (broad SMARTS) is 1. The molecule has 0 saturated carbocycles. The molecule has 76 valence electrons. The first-order chi connectivity index (χ1) is 6.43. The summed E-state index contributed by atoms with van der Waals surface area (Å²) in [7, 11) is 0. The molecule has 0 aliphatic rings. The normalized spacial score (nSPS) is 12.6. The Labute approximate surface area is 94.4 Å². The van der Waals surface area contributed by atoms with E-state index in [1.807, 2.05) is 0 Å². The molecule has 0 fully saturated rings. The number of aliphatic hydroxyl groups excluding tert-OH is 1. The van der Waals surface area contributed by atoms with Crippen molar-refractivity contribution in [1.82, 2.24) is 0 Å². The van der Waals surface area contributed by atoms with Gasteiger partial charge in [0.15, 0.2) is 6.10 Å². The first-order valence-corrected chi connectivity index (χ1v) is 4.97. The van der Waals surface area contributed by atoms with Crippen LogP contribution in [0.15, 0.2) is 16.6 Å². The molecule has 0 radical (unpaired) electrons. The lowest BCUT2D eigenvalue weighted by atomic mass is 10.1. The fourth-order valence-electron chi connectivity index (χ4n) is 1.08. The van der Waals surface area contributed by atoms with Crippen LogP contribution in [0.3, 0.4) is 0 Å². The van der Waals surface area contributed by atoms with E-state index >= 15 is 0 Å². The van der Waals surface area contributed by atoms with Crippen LogP contribution in [-0.4, -0.2) is 16.2 Å². The van der Waals surface area contributed by atoms with Crippen molar-refractivity contribution in [2.75, 3.05) is 0 Å². The average molecular weight is 280 g/mol. The van der Waals surface area contributed by atoms with Crippen molar-refractivity contribution >= 4 is 33.5 Å². The summed E-state index contributed by atoms with van der Waals surface area (Å²) in [4.78, 5) is 10.6. The summed E-state index contributed by atoms with van der Waals surface area (Å²) in [5, 5.41) is 18.2. The molecular formula is C9H8BrClO3. The number of rotatable bonds is 2. The third kappa shape index (κ3) is 2.26. The molecule has 0 aliphatic carbocycles. The van der Waals surface area contributed by atoms with Crippen LogP contribution in [0.25, 0.3) is 0 Å². The van der Waals surface area contributed by atoms with Gasteiger partial charge in [-0.3, -0.25) is 0 Å². The SMILES string of the molecule is Cc1cc(Br)c(Cl)c(C(O)C(=O)O)c1. The fourth-order valence-corrected chi connectivity index (χ4v) is 1.89. The molecule has 0 saturated heterocycles. The number of aryl methyl sites for hydroxylation is 1. The highest BCUT2D eigenvalue weighted by atomic mass is 79.9. The monoisotopic (exact) mass is 278 g/mol. The molecule has 0 aliphatic heterocycles. The predicted molar refractivity (Wildman–Crippen MR) is 56.5 cm³/mol. The number of hydrogen-bond donors (Lipinski definition) is 2. The van der Waals surface area contributed by atoms with Crippen molar-refractivity contribution in [2.45, 2.75) is 13.0 Å². The van der Waals surface area contributed by atoms with Crippen molar-refractivity contribution < 1.29 is 15.0 Å². The maximum Gasteiger partial charge on any atom is 0.337 e. The van der Waals surface area contributed by atoms with Crippen LogP contribution in [-0.2, 0) is 4.79 Å². The minimum absolute atomic E-state index is 0.200. The zero-order valence-corrected chi connectivity index (χ0v) is 9.63. The molecule has 0 heterocycles. The molecule has 14 heavy (non-hydrogen) atoms. The highest BCUT2D eigenvalue weighted by Gasteiger charge is 2.20. The summed E-state index contributed by atoms with van der Waals surface area (Å²) in [6.07, 6.45) is -1.58. The summed E-state index contributed by atoms with van der Waals surface area (Å²) in [5.41, 5.74) is 1.03. The summed E-state index contributed by atoms with van der Waals surface area (Å²) >= 11 is 9.01. The van der Waals surface area contributed by atoms with Crippen LogP contribution in [0, 0.1) is 6.92 Å². The maximum absolute atomic E-state index is 10.6. The van der Waals surface area contributed by atoms with Gasteiger partial charge in [-0.2, -0.15) is 0 Å². The van der Waals surface area contributed by atoms with Crippen LogP contribution in [0.2, 0.25) is 5.02 Å². The lowest BCUT2D eigenvalue weighted by Gasteiger charge is -2.10. The lowest BCUT2D eigenvalue weighted by molar-refractivity contribution is -0.146. The van der Waals surface area contributed by atoms with Crippen LogP contribution in [0.4, 0.5) is 0 Å². The van der Waals surface area contributed by atoms with Gasteiger partial charge in [-0.05, 0) is 34.5 Å². The van der Waals surface area contributed by atoms with Crippen LogP contribution < -0.4 is 0 Å².